The van der Waals surface area contributed by atoms with Crippen LogP contribution in [0.1, 0.15) is 60.3 Å². The quantitative estimate of drug-likeness (QED) is 0.313. The van der Waals surface area contributed by atoms with Crippen molar-refractivity contribution in [1.82, 2.24) is 26.0 Å². The molecule has 1 aliphatic carbocycles. The first-order chi connectivity index (χ1) is 17.6. The second-order valence-electron chi connectivity index (χ2n) is 12.3. The Morgan fingerprint density at radius 1 is 1.24 bits per heavy atom. The van der Waals surface area contributed by atoms with Crippen LogP contribution in [-0.2, 0) is 24.0 Å². The van der Waals surface area contributed by atoms with E-state index < -0.39 is 58.2 Å². The number of hydrogen-bond donors (Lipinski definition) is 3. The molecule has 1 saturated carbocycles. The number of alkyl halides is 3. The van der Waals surface area contributed by atoms with Crippen LogP contribution in [0.4, 0.5) is 4.39 Å². The zero-order valence-corrected chi connectivity index (χ0v) is 24.0. The summed E-state index contributed by atoms with van der Waals surface area (Å²) in [4.78, 5) is 66.1. The first kappa shape index (κ1) is 30.4. The largest absolute Gasteiger partial charge is 0.351 e. The van der Waals surface area contributed by atoms with Crippen LogP contribution in [0.25, 0.3) is 0 Å². The molecule has 5 amide bonds. The molecule has 214 valence electrons. The predicted molar refractivity (Wildman–Crippen MR) is 139 cm³/mol. The number of hydrazine groups is 1. The Labute approximate surface area is 232 Å². The van der Waals surface area contributed by atoms with E-state index in [4.69, 9.17) is 23.2 Å². The molecule has 0 aromatic carbocycles. The minimum atomic E-state index is -2.43. The van der Waals surface area contributed by atoms with Crippen molar-refractivity contribution < 1.29 is 28.4 Å². The molecule has 10 nitrogen and oxygen atoms in total. The summed E-state index contributed by atoms with van der Waals surface area (Å²) in [5, 5.41) is 6.24. The fraction of sp³-hybridized carbons (Fsp3) is 0.800. The lowest BCUT2D eigenvalue weighted by Crippen LogP contribution is -2.61. The smallest absolute Gasteiger partial charge is 0.291 e. The molecule has 0 unspecified atom stereocenters. The third kappa shape index (κ3) is 6.70. The number of halogens is 3. The molecule has 2 heterocycles. The molecule has 3 fully saturated rings. The molecule has 0 radical (unpaired) electrons. The maximum Gasteiger partial charge on any atom is 0.291 e. The highest BCUT2D eigenvalue weighted by atomic mass is 35.5. The van der Waals surface area contributed by atoms with Gasteiger partial charge < -0.3 is 15.5 Å². The number of nitrogens with one attached hydrogen (secondary N) is 3. The average Bonchev–Trinajstić information content (AvgIpc) is 3.46. The van der Waals surface area contributed by atoms with Gasteiger partial charge in [0.2, 0.25) is 17.7 Å². The highest BCUT2D eigenvalue weighted by Gasteiger charge is 2.52. The van der Waals surface area contributed by atoms with Gasteiger partial charge in [0.15, 0.2) is 0 Å². The van der Waals surface area contributed by atoms with Gasteiger partial charge in [0, 0.05) is 12.1 Å². The van der Waals surface area contributed by atoms with Crippen molar-refractivity contribution in [2.24, 2.45) is 23.2 Å². The van der Waals surface area contributed by atoms with Crippen molar-refractivity contribution in [2.75, 3.05) is 19.0 Å². The maximum atomic E-state index is 13.9. The number of hydrogen-bond acceptors (Lipinski definition) is 5. The van der Waals surface area contributed by atoms with E-state index in [1.165, 1.54) is 4.90 Å². The SMILES string of the molecule is CC1(C)C[C@@H](CN(NC(=O)[C@@H]2[C@H]3CCC[C@H]3CN2C(=O)[C@@H](NC(=O)CCl)C(C)(C)C)C(=O)[C@@H](F)Cl)C(=O)N1. The topological polar surface area (TPSA) is 128 Å². The number of likely N-dealkylation sites (tertiary alicyclic amines) is 1. The molecule has 13 heteroatoms. The van der Waals surface area contributed by atoms with Gasteiger partial charge in [-0.15, -0.1) is 11.6 Å². The van der Waals surface area contributed by atoms with E-state index in [0.29, 0.717) is 19.4 Å². The average molecular weight is 579 g/mol. The van der Waals surface area contributed by atoms with Crippen molar-refractivity contribution >= 4 is 52.7 Å². The normalized spacial score (nSPS) is 27.8. The van der Waals surface area contributed by atoms with Crippen molar-refractivity contribution in [2.45, 2.75) is 83.6 Å². The second-order valence-corrected chi connectivity index (χ2v) is 12.9. The zero-order valence-electron chi connectivity index (χ0n) is 22.5. The molecule has 0 aromatic heterocycles. The molecule has 38 heavy (non-hydrogen) atoms. The molecule has 3 rings (SSSR count). The van der Waals surface area contributed by atoms with E-state index in [1.807, 2.05) is 13.8 Å². The molecule has 6 atom stereocenters. The van der Waals surface area contributed by atoms with Gasteiger partial charge in [-0.05, 0) is 50.4 Å². The standard InChI is InChI=1S/C25H38Cl2FN5O5/c1-24(2,3)18(29-16(34)10-26)22(37)32-11-13-7-6-8-15(13)17(32)21(36)31-33(23(38)19(27)28)12-14-9-25(4,5)30-20(14)35/h13-15,17-19H,6-12H2,1-5H3,(H,29,34)(H,30,35)(H,31,36)/t13-,14-,15-,17-,18+,19+/m0/s1. The minimum absolute atomic E-state index is 0.0755. The molecule has 2 saturated heterocycles. The molecular formula is C25H38Cl2FN5O5. The number of carbonyl (C=O) groups is 5. The summed E-state index contributed by atoms with van der Waals surface area (Å²) in [5.74, 6) is -4.19. The van der Waals surface area contributed by atoms with Crippen molar-refractivity contribution in [3.05, 3.63) is 0 Å². The van der Waals surface area contributed by atoms with Crippen LogP contribution in [0.3, 0.4) is 0 Å². The fourth-order valence-electron chi connectivity index (χ4n) is 5.95. The van der Waals surface area contributed by atoms with E-state index in [0.717, 1.165) is 17.9 Å². The molecule has 0 aromatic rings. The molecule has 3 N–H and O–H groups in total. The molecular weight excluding hydrogens is 540 g/mol. The lowest BCUT2D eigenvalue weighted by Gasteiger charge is -2.37. The molecule has 3 aliphatic rings. The summed E-state index contributed by atoms with van der Waals surface area (Å²) < 4.78 is 13.9. The Morgan fingerprint density at radius 2 is 1.89 bits per heavy atom. The number of nitrogens with zero attached hydrogens (tertiary/aromatic N) is 2. The van der Waals surface area contributed by atoms with E-state index >= 15 is 0 Å². The third-order valence-electron chi connectivity index (χ3n) is 7.67. The zero-order chi connectivity index (χ0) is 28.6. The van der Waals surface area contributed by atoms with Gasteiger partial charge in [-0.1, -0.05) is 38.8 Å². The summed E-state index contributed by atoms with van der Waals surface area (Å²) >= 11 is 11.1. The van der Waals surface area contributed by atoms with Crippen LogP contribution >= 0.6 is 23.2 Å². The summed E-state index contributed by atoms with van der Waals surface area (Å²) in [6.07, 6.45) is 2.80. The monoisotopic (exact) mass is 577 g/mol. The van der Waals surface area contributed by atoms with E-state index in [2.05, 4.69) is 16.1 Å². The van der Waals surface area contributed by atoms with Crippen LogP contribution in [0, 0.1) is 23.2 Å². The number of rotatable bonds is 7. The van der Waals surface area contributed by atoms with Gasteiger partial charge in [-0.25, -0.2) is 9.40 Å². The lowest BCUT2D eigenvalue weighted by atomic mass is 9.85. The summed E-state index contributed by atoms with van der Waals surface area (Å²) in [6.45, 7) is 9.10. The highest BCUT2D eigenvalue weighted by Crippen LogP contribution is 2.43. The van der Waals surface area contributed by atoms with Crippen LogP contribution < -0.4 is 16.1 Å². The van der Waals surface area contributed by atoms with Crippen LogP contribution in [0.2, 0.25) is 0 Å². The van der Waals surface area contributed by atoms with Crippen molar-refractivity contribution in [1.29, 1.82) is 0 Å². The Balaban J connectivity index is 1.86. The highest BCUT2D eigenvalue weighted by molar-refractivity contribution is 6.29. The third-order valence-corrected chi connectivity index (χ3v) is 8.10. The summed E-state index contributed by atoms with van der Waals surface area (Å²) in [6, 6.07) is -1.88. The number of amides is 5. The fourth-order valence-corrected chi connectivity index (χ4v) is 6.15. The predicted octanol–water partition coefficient (Wildman–Crippen LogP) is 1.69. The molecule has 2 aliphatic heterocycles. The first-order valence-corrected chi connectivity index (χ1v) is 13.9. The molecule has 0 bridgehead atoms. The first-order valence-electron chi connectivity index (χ1n) is 12.9. The molecule has 0 spiro atoms. The van der Waals surface area contributed by atoms with Gasteiger partial charge in [-0.2, -0.15) is 0 Å². The summed E-state index contributed by atoms with van der Waals surface area (Å²) in [7, 11) is 0. The summed E-state index contributed by atoms with van der Waals surface area (Å²) in [5.41, 5.74) is -1.14. The Bertz CT molecular complexity index is 972. The Hall–Kier alpha value is -2.14. The van der Waals surface area contributed by atoms with E-state index in [-0.39, 0.29) is 30.2 Å². The van der Waals surface area contributed by atoms with Gasteiger partial charge in [-0.3, -0.25) is 29.4 Å². The lowest BCUT2D eigenvalue weighted by molar-refractivity contribution is -0.150. The van der Waals surface area contributed by atoms with Crippen molar-refractivity contribution in [3.8, 4) is 0 Å². The van der Waals surface area contributed by atoms with Gasteiger partial charge in [0.05, 0.1) is 12.5 Å². The maximum absolute atomic E-state index is 13.9. The van der Waals surface area contributed by atoms with Gasteiger partial charge in [0.1, 0.15) is 18.0 Å². The second kappa shape index (κ2) is 11.5. The minimum Gasteiger partial charge on any atom is -0.351 e. The van der Waals surface area contributed by atoms with Crippen LogP contribution in [0.15, 0.2) is 0 Å². The number of carbonyl (C=O) groups excluding carboxylic acids is 5. The van der Waals surface area contributed by atoms with Crippen LogP contribution in [0.5, 0.6) is 0 Å². The van der Waals surface area contributed by atoms with E-state index in [9.17, 15) is 28.4 Å². The van der Waals surface area contributed by atoms with Crippen molar-refractivity contribution in [3.63, 3.8) is 0 Å². The Morgan fingerprint density at radius 3 is 2.42 bits per heavy atom. The van der Waals surface area contributed by atoms with Gasteiger partial charge >= 0.3 is 0 Å². The van der Waals surface area contributed by atoms with Crippen LogP contribution in [-0.4, -0.2) is 81.7 Å². The Kier molecular flexibility index (Phi) is 9.23. The van der Waals surface area contributed by atoms with E-state index in [1.54, 1.807) is 20.8 Å². The van der Waals surface area contributed by atoms with Gasteiger partial charge in [0.25, 0.3) is 17.4 Å². The number of fused-ring (bicyclic) bond motifs is 1.